The number of nitrogens with zero attached hydrogens (tertiary/aromatic N) is 2. The fourth-order valence-electron chi connectivity index (χ4n) is 2.20. The van der Waals surface area contributed by atoms with E-state index in [-0.39, 0.29) is 0 Å². The number of hydrogen-bond acceptors (Lipinski definition) is 4. The highest BCUT2D eigenvalue weighted by molar-refractivity contribution is 5.99. The molecule has 4 heteroatoms. The number of oxime groups is 1. The third kappa shape index (κ3) is 3.31. The Morgan fingerprint density at radius 1 is 1.33 bits per heavy atom. The van der Waals surface area contributed by atoms with Crippen molar-refractivity contribution in [2.75, 3.05) is 33.4 Å². The third-order valence-electron chi connectivity index (χ3n) is 3.13. The highest BCUT2D eigenvalue weighted by Crippen LogP contribution is 2.14. The van der Waals surface area contributed by atoms with Crippen molar-refractivity contribution in [2.45, 2.75) is 13.5 Å². The molecule has 0 atom stereocenters. The van der Waals surface area contributed by atoms with Crippen LogP contribution in [-0.2, 0) is 16.1 Å². The van der Waals surface area contributed by atoms with Gasteiger partial charge in [-0.25, -0.2) is 0 Å². The van der Waals surface area contributed by atoms with Gasteiger partial charge in [0.05, 0.1) is 18.9 Å². The van der Waals surface area contributed by atoms with E-state index in [1.54, 1.807) is 7.11 Å². The maximum absolute atomic E-state index is 5.37. The largest absolute Gasteiger partial charge is 0.399 e. The molecule has 1 saturated heterocycles. The third-order valence-corrected chi connectivity index (χ3v) is 3.13. The molecule has 18 heavy (non-hydrogen) atoms. The second-order valence-electron chi connectivity index (χ2n) is 4.40. The Hall–Kier alpha value is -1.39. The van der Waals surface area contributed by atoms with Crippen LogP contribution in [0.15, 0.2) is 29.4 Å². The topological polar surface area (TPSA) is 34.1 Å². The number of morpholine rings is 1. The summed E-state index contributed by atoms with van der Waals surface area (Å²) in [5, 5.41) is 4.02. The quantitative estimate of drug-likeness (QED) is 0.603. The first-order chi connectivity index (χ1) is 8.81. The second kappa shape index (κ2) is 6.52. The molecule has 0 aliphatic carbocycles. The number of benzene rings is 1. The van der Waals surface area contributed by atoms with Gasteiger partial charge in [0, 0.05) is 25.2 Å². The first kappa shape index (κ1) is 13.1. The summed E-state index contributed by atoms with van der Waals surface area (Å²) < 4.78 is 5.37. The van der Waals surface area contributed by atoms with Crippen LogP contribution in [0.3, 0.4) is 0 Å². The van der Waals surface area contributed by atoms with Gasteiger partial charge < -0.3 is 9.57 Å². The molecule has 1 aromatic carbocycles. The van der Waals surface area contributed by atoms with E-state index in [0.29, 0.717) is 0 Å². The van der Waals surface area contributed by atoms with Gasteiger partial charge in [-0.2, -0.15) is 0 Å². The zero-order valence-electron chi connectivity index (χ0n) is 11.1. The predicted molar refractivity (Wildman–Crippen MR) is 71.8 cm³/mol. The van der Waals surface area contributed by atoms with E-state index in [1.165, 1.54) is 5.56 Å². The van der Waals surface area contributed by atoms with Crippen molar-refractivity contribution in [1.29, 1.82) is 0 Å². The average Bonchev–Trinajstić information content (AvgIpc) is 2.41. The first-order valence-corrected chi connectivity index (χ1v) is 6.27. The van der Waals surface area contributed by atoms with Crippen LogP contribution in [0.4, 0.5) is 0 Å². The van der Waals surface area contributed by atoms with Gasteiger partial charge in [-0.15, -0.1) is 0 Å². The van der Waals surface area contributed by atoms with E-state index in [2.05, 4.69) is 28.3 Å². The minimum Gasteiger partial charge on any atom is -0.399 e. The van der Waals surface area contributed by atoms with Crippen LogP contribution in [-0.4, -0.2) is 44.0 Å². The van der Waals surface area contributed by atoms with Crippen molar-refractivity contribution < 1.29 is 9.57 Å². The lowest BCUT2D eigenvalue weighted by atomic mass is 10.0. The van der Waals surface area contributed by atoms with Gasteiger partial charge in [0.25, 0.3) is 0 Å². The summed E-state index contributed by atoms with van der Waals surface area (Å²) in [5.41, 5.74) is 3.37. The summed E-state index contributed by atoms with van der Waals surface area (Å²) in [6.45, 7) is 6.56. The fourth-order valence-corrected chi connectivity index (χ4v) is 2.20. The summed E-state index contributed by atoms with van der Waals surface area (Å²) in [6.07, 6.45) is 0. The van der Waals surface area contributed by atoms with Gasteiger partial charge in [0.15, 0.2) is 0 Å². The minimum atomic E-state index is 0.827. The molecular formula is C14H20N2O2. The van der Waals surface area contributed by atoms with Crippen LogP contribution in [0, 0.1) is 0 Å². The number of hydrogen-bond donors (Lipinski definition) is 0. The van der Waals surface area contributed by atoms with Crippen molar-refractivity contribution in [1.82, 2.24) is 4.90 Å². The molecule has 1 aliphatic heterocycles. The molecule has 0 amide bonds. The average molecular weight is 248 g/mol. The molecule has 1 heterocycles. The van der Waals surface area contributed by atoms with Gasteiger partial charge in [-0.3, -0.25) is 4.90 Å². The van der Waals surface area contributed by atoms with Crippen molar-refractivity contribution >= 4 is 5.71 Å². The zero-order chi connectivity index (χ0) is 12.8. The zero-order valence-corrected chi connectivity index (χ0v) is 11.1. The molecule has 1 aliphatic rings. The first-order valence-electron chi connectivity index (χ1n) is 6.27. The van der Waals surface area contributed by atoms with Crippen molar-refractivity contribution in [3.63, 3.8) is 0 Å². The maximum atomic E-state index is 5.37. The predicted octanol–water partition coefficient (Wildman–Crippen LogP) is 1.89. The molecule has 0 aromatic heterocycles. The molecule has 4 nitrogen and oxygen atoms in total. The minimum absolute atomic E-state index is 0.827. The molecule has 98 valence electrons. The van der Waals surface area contributed by atoms with Crippen LogP contribution in [0.25, 0.3) is 0 Å². The van der Waals surface area contributed by atoms with Crippen molar-refractivity contribution in [3.05, 3.63) is 35.4 Å². The van der Waals surface area contributed by atoms with Gasteiger partial charge in [0.2, 0.25) is 0 Å². The Bertz CT molecular complexity index is 412. The van der Waals surface area contributed by atoms with Crippen LogP contribution < -0.4 is 0 Å². The monoisotopic (exact) mass is 248 g/mol. The summed E-state index contributed by atoms with van der Waals surface area (Å²) >= 11 is 0. The standard InChI is InChI=1S/C14H20N2O2/c1-12(15-17-2)14-6-4-3-5-13(14)11-16-7-9-18-10-8-16/h3-6H,7-11H2,1-2H3/b15-12+. The number of ether oxygens (including phenoxy) is 1. The van der Waals surface area contributed by atoms with Crippen molar-refractivity contribution in [2.24, 2.45) is 5.16 Å². The summed E-state index contributed by atoms with van der Waals surface area (Å²) in [6, 6.07) is 8.35. The lowest BCUT2D eigenvalue weighted by molar-refractivity contribution is 0.0341. The van der Waals surface area contributed by atoms with Gasteiger partial charge in [-0.1, -0.05) is 29.4 Å². The number of rotatable bonds is 4. The van der Waals surface area contributed by atoms with Crippen LogP contribution in [0.1, 0.15) is 18.1 Å². The molecule has 0 spiro atoms. The fraction of sp³-hybridized carbons (Fsp3) is 0.500. The van der Waals surface area contributed by atoms with E-state index in [0.717, 1.165) is 44.1 Å². The summed E-state index contributed by atoms with van der Waals surface area (Å²) in [5.74, 6) is 0. The highest BCUT2D eigenvalue weighted by atomic mass is 16.6. The van der Waals surface area contributed by atoms with E-state index in [4.69, 9.17) is 9.57 Å². The smallest absolute Gasteiger partial charge is 0.106 e. The lowest BCUT2D eigenvalue weighted by Crippen LogP contribution is -2.36. The molecule has 1 fully saturated rings. The molecule has 0 bridgehead atoms. The Balaban J connectivity index is 2.14. The van der Waals surface area contributed by atoms with Crippen LogP contribution >= 0.6 is 0 Å². The van der Waals surface area contributed by atoms with Crippen molar-refractivity contribution in [3.8, 4) is 0 Å². The normalized spacial score (nSPS) is 17.8. The van der Waals surface area contributed by atoms with Crippen LogP contribution in [0.5, 0.6) is 0 Å². The van der Waals surface area contributed by atoms with Crippen LogP contribution in [0.2, 0.25) is 0 Å². The van der Waals surface area contributed by atoms with E-state index >= 15 is 0 Å². The molecular weight excluding hydrogens is 228 g/mol. The second-order valence-corrected chi connectivity index (χ2v) is 4.40. The highest BCUT2D eigenvalue weighted by Gasteiger charge is 2.13. The summed E-state index contributed by atoms with van der Waals surface area (Å²) in [7, 11) is 1.58. The Morgan fingerprint density at radius 2 is 2.06 bits per heavy atom. The molecule has 2 rings (SSSR count). The summed E-state index contributed by atoms with van der Waals surface area (Å²) in [4.78, 5) is 7.26. The molecule has 0 radical (unpaired) electrons. The molecule has 0 N–H and O–H groups in total. The van der Waals surface area contributed by atoms with E-state index in [1.807, 2.05) is 13.0 Å². The van der Waals surface area contributed by atoms with Gasteiger partial charge >= 0.3 is 0 Å². The maximum Gasteiger partial charge on any atom is 0.106 e. The molecule has 1 aromatic rings. The van der Waals surface area contributed by atoms with Gasteiger partial charge in [-0.05, 0) is 12.5 Å². The Kier molecular flexibility index (Phi) is 4.73. The van der Waals surface area contributed by atoms with Gasteiger partial charge in [0.1, 0.15) is 7.11 Å². The lowest BCUT2D eigenvalue weighted by Gasteiger charge is -2.27. The van der Waals surface area contributed by atoms with E-state index in [9.17, 15) is 0 Å². The van der Waals surface area contributed by atoms with E-state index < -0.39 is 0 Å². The Labute approximate surface area is 108 Å². The Morgan fingerprint density at radius 3 is 2.78 bits per heavy atom. The SMILES string of the molecule is CO/N=C(\C)c1ccccc1CN1CCOCC1. The molecule has 0 unspecified atom stereocenters. The molecule has 0 saturated carbocycles.